The molecule has 0 aliphatic rings. The maximum atomic E-state index is 12.6. The zero-order valence-electron chi connectivity index (χ0n) is 17.0. The fraction of sp³-hybridized carbons (Fsp3) is 0.238. The molecule has 30 heavy (non-hydrogen) atoms. The van der Waals surface area contributed by atoms with Crippen molar-refractivity contribution in [1.29, 1.82) is 0 Å². The molecule has 2 aromatic heterocycles. The van der Waals surface area contributed by atoms with Crippen molar-refractivity contribution < 1.29 is 17.9 Å². The van der Waals surface area contributed by atoms with Gasteiger partial charge in [0.25, 0.3) is 5.91 Å². The first-order valence-corrected chi connectivity index (χ1v) is 10.8. The van der Waals surface area contributed by atoms with Gasteiger partial charge in [0.2, 0.25) is 10.0 Å². The Bertz CT molecular complexity index is 1110. The number of nitrogens with zero attached hydrogens (tertiary/aromatic N) is 2. The minimum absolute atomic E-state index is 0.0421. The number of hydrogen-bond acceptors (Lipinski definition) is 5. The van der Waals surface area contributed by atoms with Gasteiger partial charge in [-0.2, -0.15) is 0 Å². The first kappa shape index (κ1) is 21.5. The molecule has 1 atom stereocenters. The highest BCUT2D eigenvalue weighted by atomic mass is 32.2. The third-order valence-electron chi connectivity index (χ3n) is 4.65. The van der Waals surface area contributed by atoms with Gasteiger partial charge in [-0.1, -0.05) is 18.2 Å². The summed E-state index contributed by atoms with van der Waals surface area (Å²) in [4.78, 5) is 16.7. The summed E-state index contributed by atoms with van der Waals surface area (Å²) in [6.07, 6.45) is 4.87. The van der Waals surface area contributed by atoms with E-state index < -0.39 is 10.0 Å². The van der Waals surface area contributed by atoms with E-state index in [1.54, 1.807) is 19.4 Å². The van der Waals surface area contributed by atoms with Crippen molar-refractivity contribution in [2.75, 3.05) is 7.05 Å². The molecule has 2 N–H and O–H groups in total. The van der Waals surface area contributed by atoms with E-state index in [-0.39, 0.29) is 22.5 Å². The maximum Gasteiger partial charge on any atom is 0.268 e. The molecule has 8 nitrogen and oxygen atoms in total. The van der Waals surface area contributed by atoms with Crippen LogP contribution in [0.4, 0.5) is 0 Å². The predicted molar refractivity (Wildman–Crippen MR) is 113 cm³/mol. The zero-order valence-corrected chi connectivity index (χ0v) is 17.8. The van der Waals surface area contributed by atoms with Gasteiger partial charge in [0, 0.05) is 31.2 Å². The van der Waals surface area contributed by atoms with E-state index in [0.717, 1.165) is 11.1 Å². The molecule has 1 amide bonds. The van der Waals surface area contributed by atoms with Crippen LogP contribution in [0.5, 0.6) is 5.75 Å². The van der Waals surface area contributed by atoms with Crippen LogP contribution in [-0.4, -0.2) is 30.9 Å². The second-order valence-corrected chi connectivity index (χ2v) is 8.68. The van der Waals surface area contributed by atoms with E-state index in [2.05, 4.69) is 15.0 Å². The van der Waals surface area contributed by atoms with Gasteiger partial charge in [-0.3, -0.25) is 9.78 Å². The molecule has 0 fully saturated rings. The van der Waals surface area contributed by atoms with Crippen LogP contribution in [-0.2, 0) is 23.7 Å². The molecule has 1 unspecified atom stereocenters. The topological polar surface area (TPSA) is 102 Å². The normalized spacial score (nSPS) is 12.4. The molecule has 2 heterocycles. The van der Waals surface area contributed by atoms with Gasteiger partial charge in [0.15, 0.2) is 0 Å². The maximum absolute atomic E-state index is 12.6. The molecule has 0 spiro atoms. The van der Waals surface area contributed by atoms with Gasteiger partial charge < -0.3 is 14.6 Å². The summed E-state index contributed by atoms with van der Waals surface area (Å²) in [5.41, 5.74) is 2.13. The van der Waals surface area contributed by atoms with Gasteiger partial charge >= 0.3 is 0 Å². The quantitative estimate of drug-likeness (QED) is 0.574. The summed E-state index contributed by atoms with van der Waals surface area (Å²) >= 11 is 0. The Labute approximate surface area is 176 Å². The number of rotatable bonds is 8. The fourth-order valence-electron chi connectivity index (χ4n) is 2.88. The first-order valence-electron chi connectivity index (χ1n) is 9.32. The monoisotopic (exact) mass is 428 g/mol. The number of hydrogen-bond donors (Lipinski definition) is 2. The number of ether oxygens (including phenoxy) is 1. The summed E-state index contributed by atoms with van der Waals surface area (Å²) in [5, 5.41) is 2.89. The van der Waals surface area contributed by atoms with E-state index in [9.17, 15) is 13.2 Å². The molecule has 0 aliphatic heterocycles. The van der Waals surface area contributed by atoms with Gasteiger partial charge in [-0.15, -0.1) is 0 Å². The molecule has 0 bridgehead atoms. The predicted octanol–water partition coefficient (Wildman–Crippen LogP) is 2.40. The number of carbonyl (C=O) groups excluding carboxylic acids is 1. The molecular formula is C21H24N4O4S. The fourth-order valence-corrected chi connectivity index (χ4v) is 3.68. The SMILES string of the molecule is CNS(=O)(=O)c1cc(C(=O)NC(C)c2ccc(OCc3cccnc3)cc2)n(C)c1. The second kappa shape index (κ2) is 9.10. The molecule has 0 saturated heterocycles. The van der Waals surface area contributed by atoms with Crippen LogP contribution in [0, 0.1) is 0 Å². The van der Waals surface area contributed by atoms with Crippen LogP contribution in [0.25, 0.3) is 0 Å². The van der Waals surface area contributed by atoms with Crippen LogP contribution in [0.2, 0.25) is 0 Å². The van der Waals surface area contributed by atoms with Crippen molar-refractivity contribution in [2.24, 2.45) is 7.05 Å². The molecule has 3 rings (SSSR count). The van der Waals surface area contributed by atoms with E-state index in [0.29, 0.717) is 12.4 Å². The smallest absolute Gasteiger partial charge is 0.268 e. The van der Waals surface area contributed by atoms with Crippen molar-refractivity contribution in [3.8, 4) is 5.75 Å². The third kappa shape index (κ3) is 5.05. The van der Waals surface area contributed by atoms with E-state index in [1.807, 2.05) is 43.3 Å². The standard InChI is InChI=1S/C21H24N4O4S/c1-15(24-21(26)20-11-19(13-25(20)3)30(27,28)22-2)17-6-8-18(9-7-17)29-14-16-5-4-10-23-12-16/h4-13,15,22H,14H2,1-3H3,(H,24,26). The Balaban J connectivity index is 1.63. The largest absolute Gasteiger partial charge is 0.489 e. The molecule has 0 radical (unpaired) electrons. The summed E-state index contributed by atoms with van der Waals surface area (Å²) < 4.78 is 33.3. The van der Waals surface area contributed by atoms with E-state index in [1.165, 1.54) is 23.9 Å². The highest BCUT2D eigenvalue weighted by Crippen LogP contribution is 2.20. The Hall–Kier alpha value is -3.17. The van der Waals surface area contributed by atoms with Crippen LogP contribution < -0.4 is 14.8 Å². The Morgan fingerprint density at radius 3 is 2.60 bits per heavy atom. The van der Waals surface area contributed by atoms with E-state index in [4.69, 9.17) is 4.74 Å². The number of sulfonamides is 1. The highest BCUT2D eigenvalue weighted by Gasteiger charge is 2.20. The van der Waals surface area contributed by atoms with Crippen molar-refractivity contribution in [2.45, 2.75) is 24.5 Å². The lowest BCUT2D eigenvalue weighted by molar-refractivity contribution is 0.0931. The van der Waals surface area contributed by atoms with Gasteiger partial charge in [-0.25, -0.2) is 13.1 Å². The van der Waals surface area contributed by atoms with Crippen LogP contribution in [0.1, 0.15) is 34.6 Å². The van der Waals surface area contributed by atoms with Gasteiger partial charge in [0.1, 0.15) is 22.9 Å². The minimum Gasteiger partial charge on any atom is -0.489 e. The average Bonchev–Trinajstić information content (AvgIpc) is 3.16. The van der Waals surface area contributed by atoms with E-state index >= 15 is 0 Å². The number of aryl methyl sites for hydroxylation is 1. The molecular weight excluding hydrogens is 404 g/mol. The lowest BCUT2D eigenvalue weighted by atomic mass is 10.1. The molecule has 9 heteroatoms. The highest BCUT2D eigenvalue weighted by molar-refractivity contribution is 7.89. The molecule has 3 aromatic rings. The number of amides is 1. The van der Waals surface area contributed by atoms with Gasteiger partial charge in [0.05, 0.1) is 6.04 Å². The average molecular weight is 429 g/mol. The minimum atomic E-state index is -3.61. The summed E-state index contributed by atoms with van der Waals surface area (Å²) in [6.45, 7) is 2.28. The summed E-state index contributed by atoms with van der Waals surface area (Å²) in [5.74, 6) is 0.352. The second-order valence-electron chi connectivity index (χ2n) is 6.79. The van der Waals surface area contributed by atoms with Crippen LogP contribution >= 0.6 is 0 Å². The number of aromatic nitrogens is 2. The zero-order chi connectivity index (χ0) is 21.7. The Morgan fingerprint density at radius 1 is 1.23 bits per heavy atom. The molecule has 1 aromatic carbocycles. The molecule has 158 valence electrons. The summed E-state index contributed by atoms with van der Waals surface area (Å²) in [6, 6.07) is 12.3. The Morgan fingerprint density at radius 2 is 1.97 bits per heavy atom. The lowest BCUT2D eigenvalue weighted by Crippen LogP contribution is -2.28. The summed E-state index contributed by atoms with van der Waals surface area (Å²) in [7, 11) is -0.658. The number of carbonyl (C=O) groups is 1. The molecule has 0 aliphatic carbocycles. The first-order chi connectivity index (χ1) is 14.3. The number of nitrogens with one attached hydrogen (secondary N) is 2. The van der Waals surface area contributed by atoms with Crippen molar-refractivity contribution >= 4 is 15.9 Å². The molecule has 0 saturated carbocycles. The van der Waals surface area contributed by atoms with Gasteiger partial charge in [-0.05, 0) is 43.8 Å². The van der Waals surface area contributed by atoms with Crippen molar-refractivity contribution in [3.63, 3.8) is 0 Å². The Kier molecular flexibility index (Phi) is 6.53. The lowest BCUT2D eigenvalue weighted by Gasteiger charge is -2.15. The van der Waals surface area contributed by atoms with Crippen LogP contribution in [0.3, 0.4) is 0 Å². The third-order valence-corrected chi connectivity index (χ3v) is 6.03. The van der Waals surface area contributed by atoms with Crippen LogP contribution in [0.15, 0.2) is 66.0 Å². The van der Waals surface area contributed by atoms with Crippen molar-refractivity contribution in [3.05, 3.63) is 77.9 Å². The number of pyridine rings is 1. The number of benzene rings is 1. The van der Waals surface area contributed by atoms with Crippen molar-refractivity contribution in [1.82, 2.24) is 19.6 Å².